The summed E-state index contributed by atoms with van der Waals surface area (Å²) < 4.78 is 3.13. The number of benzene rings is 2. The van der Waals surface area contributed by atoms with Gasteiger partial charge in [0, 0.05) is 0 Å². The van der Waals surface area contributed by atoms with Gasteiger partial charge in [0.15, 0.2) is 0 Å². The van der Waals surface area contributed by atoms with Crippen LogP contribution < -0.4 is 0 Å². The average molecular weight is 259 g/mol. The average Bonchev–Trinajstić information content (AvgIpc) is 2.64. The van der Waals surface area contributed by atoms with Gasteiger partial charge in [-0.15, -0.1) is 0 Å². The fourth-order valence-corrected chi connectivity index (χ4v) is 4.74. The predicted molar refractivity (Wildman–Crippen MR) is 67.9 cm³/mol. The van der Waals surface area contributed by atoms with E-state index in [9.17, 15) is 0 Å². The first-order valence-corrected chi connectivity index (χ1v) is 6.86. The van der Waals surface area contributed by atoms with E-state index in [1.165, 1.54) is 26.2 Å². The maximum absolute atomic E-state index is 2.27. The summed E-state index contributed by atoms with van der Waals surface area (Å²) in [5.74, 6) is 0. The number of aryl methyl sites for hydroxylation is 2. The van der Waals surface area contributed by atoms with E-state index in [4.69, 9.17) is 0 Å². The van der Waals surface area contributed by atoms with Crippen molar-refractivity contribution in [3.8, 4) is 0 Å². The Morgan fingerprint density at radius 1 is 0.867 bits per heavy atom. The van der Waals surface area contributed by atoms with Gasteiger partial charge in [-0.1, -0.05) is 0 Å². The molecule has 0 saturated heterocycles. The molecule has 74 valence electrons. The van der Waals surface area contributed by atoms with Crippen LogP contribution in [0.15, 0.2) is 36.4 Å². The fourth-order valence-electron chi connectivity index (χ4n) is 2.12. The van der Waals surface area contributed by atoms with Crippen LogP contribution in [0.1, 0.15) is 11.1 Å². The van der Waals surface area contributed by atoms with Crippen LogP contribution >= 0.6 is 0 Å². The Kier molecular flexibility index (Phi) is 1.98. The van der Waals surface area contributed by atoms with Crippen molar-refractivity contribution in [2.24, 2.45) is 0 Å². The molecule has 0 N–H and O–H groups in total. The third kappa shape index (κ3) is 1.27. The molecule has 0 aliphatic carbocycles. The van der Waals surface area contributed by atoms with E-state index in [1.807, 2.05) is 0 Å². The molecule has 1 aromatic heterocycles. The molecule has 1 heterocycles. The molecule has 0 aliphatic heterocycles. The van der Waals surface area contributed by atoms with E-state index in [0.717, 1.165) is 0 Å². The molecule has 0 bridgehead atoms. The molecule has 0 saturated carbocycles. The first-order valence-electron chi connectivity index (χ1n) is 5.15. The summed E-state index contributed by atoms with van der Waals surface area (Å²) >= 11 is 0.516. The minimum atomic E-state index is 0.516. The van der Waals surface area contributed by atoms with Crippen molar-refractivity contribution in [2.75, 3.05) is 0 Å². The normalized spacial score (nSPS) is 11.3. The molecular weight excluding hydrogens is 247 g/mol. The quantitative estimate of drug-likeness (QED) is 0.540. The summed E-state index contributed by atoms with van der Waals surface area (Å²) in [6.07, 6.45) is 0. The summed E-state index contributed by atoms with van der Waals surface area (Å²) in [5.41, 5.74) is 2.87. The zero-order valence-electron chi connectivity index (χ0n) is 8.87. The van der Waals surface area contributed by atoms with E-state index in [0.29, 0.717) is 14.5 Å². The van der Waals surface area contributed by atoms with Crippen molar-refractivity contribution in [3.05, 3.63) is 47.5 Å². The molecular formula is C14H12Se. The van der Waals surface area contributed by atoms with Crippen molar-refractivity contribution < 1.29 is 0 Å². The molecule has 0 aliphatic rings. The van der Waals surface area contributed by atoms with Crippen LogP contribution in [0.25, 0.3) is 19.3 Å². The van der Waals surface area contributed by atoms with Gasteiger partial charge in [-0.25, -0.2) is 0 Å². The molecule has 0 fully saturated rings. The van der Waals surface area contributed by atoms with Gasteiger partial charge < -0.3 is 0 Å². The summed E-state index contributed by atoms with van der Waals surface area (Å²) in [5, 5.41) is 2.97. The van der Waals surface area contributed by atoms with Crippen LogP contribution in [0.3, 0.4) is 0 Å². The van der Waals surface area contributed by atoms with E-state index in [-0.39, 0.29) is 0 Å². The van der Waals surface area contributed by atoms with Crippen LogP contribution in [-0.2, 0) is 0 Å². The molecule has 0 amide bonds. The zero-order valence-corrected chi connectivity index (χ0v) is 10.6. The molecule has 3 aromatic rings. The SMILES string of the molecule is Cc1ccc(C)c2c1[se]c1ccccc12. The van der Waals surface area contributed by atoms with Gasteiger partial charge in [-0.3, -0.25) is 0 Å². The Hall–Kier alpha value is -1.04. The molecule has 0 radical (unpaired) electrons. The van der Waals surface area contributed by atoms with Crippen LogP contribution in [0.4, 0.5) is 0 Å². The second-order valence-corrected chi connectivity index (χ2v) is 6.21. The van der Waals surface area contributed by atoms with E-state index < -0.39 is 0 Å². The Labute approximate surface area is 95.3 Å². The third-order valence-electron chi connectivity index (χ3n) is 2.93. The van der Waals surface area contributed by atoms with E-state index >= 15 is 0 Å². The van der Waals surface area contributed by atoms with E-state index in [2.05, 4.69) is 50.2 Å². The number of hydrogen-bond donors (Lipinski definition) is 0. The maximum atomic E-state index is 2.27. The molecule has 0 atom stereocenters. The van der Waals surface area contributed by atoms with Gasteiger partial charge in [-0.05, 0) is 0 Å². The Balaban J connectivity index is 2.66. The van der Waals surface area contributed by atoms with Gasteiger partial charge >= 0.3 is 95.2 Å². The first kappa shape index (κ1) is 9.20. The van der Waals surface area contributed by atoms with Gasteiger partial charge in [0.2, 0.25) is 0 Å². The molecule has 0 nitrogen and oxygen atoms in total. The van der Waals surface area contributed by atoms with Crippen molar-refractivity contribution in [2.45, 2.75) is 13.8 Å². The summed E-state index contributed by atoms with van der Waals surface area (Å²) in [7, 11) is 0. The molecule has 2 aromatic carbocycles. The Morgan fingerprint density at radius 3 is 2.47 bits per heavy atom. The first-order chi connectivity index (χ1) is 7.27. The number of fused-ring (bicyclic) bond motifs is 3. The minimum absolute atomic E-state index is 0.516. The second kappa shape index (κ2) is 3.23. The Bertz CT molecular complexity index is 647. The fraction of sp³-hybridized carbons (Fsp3) is 0.143. The molecule has 0 spiro atoms. The Morgan fingerprint density at radius 2 is 1.60 bits per heavy atom. The molecule has 15 heavy (non-hydrogen) atoms. The molecule has 3 rings (SSSR count). The van der Waals surface area contributed by atoms with E-state index in [1.54, 1.807) is 4.26 Å². The second-order valence-electron chi connectivity index (χ2n) is 4.00. The summed E-state index contributed by atoms with van der Waals surface area (Å²) in [4.78, 5) is 0. The van der Waals surface area contributed by atoms with Crippen LogP contribution in [0, 0.1) is 13.8 Å². The van der Waals surface area contributed by atoms with Gasteiger partial charge in [-0.2, -0.15) is 0 Å². The number of hydrogen-bond acceptors (Lipinski definition) is 0. The van der Waals surface area contributed by atoms with Crippen molar-refractivity contribution in [1.29, 1.82) is 0 Å². The van der Waals surface area contributed by atoms with Crippen molar-refractivity contribution >= 4 is 33.8 Å². The number of rotatable bonds is 0. The van der Waals surface area contributed by atoms with Gasteiger partial charge in [0.05, 0.1) is 0 Å². The monoisotopic (exact) mass is 260 g/mol. The van der Waals surface area contributed by atoms with Gasteiger partial charge in [0.1, 0.15) is 0 Å². The van der Waals surface area contributed by atoms with Crippen LogP contribution in [0.5, 0.6) is 0 Å². The molecule has 1 heteroatoms. The van der Waals surface area contributed by atoms with Crippen LogP contribution in [-0.4, -0.2) is 14.5 Å². The standard InChI is InChI=1S/C14H12Se/c1-9-7-8-10(2)14-13(9)11-5-3-4-6-12(11)15-14/h3-8H,1-2H3. The van der Waals surface area contributed by atoms with Crippen molar-refractivity contribution in [3.63, 3.8) is 0 Å². The van der Waals surface area contributed by atoms with Crippen molar-refractivity contribution in [1.82, 2.24) is 0 Å². The topological polar surface area (TPSA) is 0 Å². The summed E-state index contributed by atoms with van der Waals surface area (Å²) in [6, 6.07) is 13.3. The van der Waals surface area contributed by atoms with Crippen LogP contribution in [0.2, 0.25) is 0 Å². The molecule has 0 unspecified atom stereocenters. The summed E-state index contributed by atoms with van der Waals surface area (Å²) in [6.45, 7) is 4.45. The predicted octanol–water partition coefficient (Wildman–Crippen LogP) is 3.67. The zero-order chi connectivity index (χ0) is 10.4. The van der Waals surface area contributed by atoms with Gasteiger partial charge in [0.25, 0.3) is 0 Å². The third-order valence-corrected chi connectivity index (χ3v) is 5.67.